The van der Waals surface area contributed by atoms with Crippen LogP contribution < -0.4 is 4.74 Å². The van der Waals surface area contributed by atoms with Gasteiger partial charge in [0.1, 0.15) is 36.3 Å². The van der Waals surface area contributed by atoms with Crippen molar-refractivity contribution in [3.8, 4) is 5.75 Å². The largest absolute Gasteiger partial charge is 0.493 e. The Labute approximate surface area is 206 Å². The minimum absolute atomic E-state index is 0.441. The van der Waals surface area contributed by atoms with Crippen LogP contribution in [0.1, 0.15) is 108 Å². The first kappa shape index (κ1) is 29.1. The lowest BCUT2D eigenvalue weighted by atomic mass is 9.91. The molecule has 4 N–H and O–H groups in total. The third-order valence-corrected chi connectivity index (χ3v) is 6.87. The molecule has 1 unspecified atom stereocenters. The Morgan fingerprint density at radius 1 is 0.706 bits per heavy atom. The fourth-order valence-electron chi connectivity index (χ4n) is 4.68. The molecule has 0 spiro atoms. The second-order valence-electron chi connectivity index (χ2n) is 9.73. The van der Waals surface area contributed by atoms with Crippen molar-refractivity contribution < 1.29 is 29.9 Å². The van der Waals surface area contributed by atoms with Crippen LogP contribution in [0.15, 0.2) is 24.3 Å². The predicted octanol–water partition coefficient (Wildman–Crippen LogP) is 5.06. The number of benzene rings is 1. The van der Waals surface area contributed by atoms with E-state index < -0.39 is 37.1 Å². The molecule has 0 radical (unpaired) electrons. The number of hydrogen-bond acceptors (Lipinski definition) is 6. The van der Waals surface area contributed by atoms with Crippen molar-refractivity contribution >= 4 is 0 Å². The lowest BCUT2D eigenvalue weighted by Gasteiger charge is -2.40. The van der Waals surface area contributed by atoms with Crippen LogP contribution in [0.2, 0.25) is 0 Å². The first-order valence-electron chi connectivity index (χ1n) is 13.6. The highest BCUT2D eigenvalue weighted by Gasteiger charge is 2.44. The van der Waals surface area contributed by atoms with Gasteiger partial charge in [0.25, 0.3) is 0 Å². The summed E-state index contributed by atoms with van der Waals surface area (Å²) in [6.07, 6.45) is 12.4. The molecule has 34 heavy (non-hydrogen) atoms. The maximum absolute atomic E-state index is 10.4. The number of aliphatic hydroxyl groups excluding tert-OH is 4. The maximum atomic E-state index is 10.4. The average molecular weight is 481 g/mol. The SMILES string of the molecule is CCCCCCCCCCCCCCCCOc1ccccc1C1O[C@H](CO)[C@@H](O)[C@H](O)[C@H]1O. The predicted molar refractivity (Wildman–Crippen MR) is 135 cm³/mol. The lowest BCUT2D eigenvalue weighted by Crippen LogP contribution is -2.55. The summed E-state index contributed by atoms with van der Waals surface area (Å²) in [5.74, 6) is 0.599. The van der Waals surface area contributed by atoms with E-state index >= 15 is 0 Å². The molecule has 1 aliphatic rings. The Bertz CT molecular complexity index is 637. The van der Waals surface area contributed by atoms with Gasteiger partial charge < -0.3 is 29.9 Å². The van der Waals surface area contributed by atoms with E-state index in [1.54, 1.807) is 6.07 Å². The number of unbranched alkanes of at least 4 members (excludes halogenated alkanes) is 13. The molecule has 0 amide bonds. The normalized spacial score (nSPS) is 24.9. The molecule has 1 heterocycles. The minimum atomic E-state index is -1.39. The van der Waals surface area contributed by atoms with Gasteiger partial charge in [0.05, 0.1) is 13.2 Å². The zero-order chi connectivity index (χ0) is 24.6. The Balaban J connectivity index is 1.59. The Hall–Kier alpha value is -1.18. The van der Waals surface area contributed by atoms with E-state index in [9.17, 15) is 20.4 Å². The molecular formula is C28H48O6. The van der Waals surface area contributed by atoms with E-state index in [0.29, 0.717) is 17.9 Å². The summed E-state index contributed by atoms with van der Waals surface area (Å²) in [4.78, 5) is 0. The van der Waals surface area contributed by atoms with Crippen molar-refractivity contribution in [3.05, 3.63) is 29.8 Å². The second-order valence-corrected chi connectivity index (χ2v) is 9.73. The average Bonchev–Trinajstić information content (AvgIpc) is 2.85. The number of hydrogen-bond donors (Lipinski definition) is 4. The van der Waals surface area contributed by atoms with Crippen LogP contribution in [0, 0.1) is 0 Å². The molecule has 1 aromatic rings. The first-order valence-corrected chi connectivity index (χ1v) is 13.6. The van der Waals surface area contributed by atoms with Crippen LogP contribution in [0.4, 0.5) is 0 Å². The molecule has 1 saturated heterocycles. The van der Waals surface area contributed by atoms with Gasteiger partial charge in [-0.3, -0.25) is 0 Å². The second kappa shape index (κ2) is 17.3. The van der Waals surface area contributed by atoms with Crippen molar-refractivity contribution in [1.29, 1.82) is 0 Å². The molecule has 5 atom stereocenters. The highest BCUT2D eigenvalue weighted by Crippen LogP contribution is 2.36. The van der Waals surface area contributed by atoms with Gasteiger partial charge in [-0.2, -0.15) is 0 Å². The van der Waals surface area contributed by atoms with E-state index in [4.69, 9.17) is 9.47 Å². The third-order valence-electron chi connectivity index (χ3n) is 6.87. The highest BCUT2D eigenvalue weighted by molar-refractivity contribution is 5.36. The topological polar surface area (TPSA) is 99.4 Å². The standard InChI is InChI=1S/C28H48O6/c1-2-3-4-5-6-7-8-9-10-11-12-13-14-17-20-33-23-19-16-15-18-22(23)28-27(32)26(31)25(30)24(21-29)34-28/h15-16,18-19,24-32H,2-14,17,20-21H2,1H3/t24-,25-,26+,27-,28?/m1/s1. The maximum Gasteiger partial charge on any atom is 0.125 e. The highest BCUT2D eigenvalue weighted by atomic mass is 16.5. The molecule has 196 valence electrons. The van der Waals surface area contributed by atoms with E-state index in [1.165, 1.54) is 77.0 Å². The smallest absolute Gasteiger partial charge is 0.125 e. The fourth-order valence-corrected chi connectivity index (χ4v) is 4.68. The fraction of sp³-hybridized carbons (Fsp3) is 0.786. The van der Waals surface area contributed by atoms with E-state index in [1.807, 2.05) is 18.2 Å². The summed E-state index contributed by atoms with van der Waals surface area (Å²) >= 11 is 0. The van der Waals surface area contributed by atoms with Crippen molar-refractivity contribution in [1.82, 2.24) is 0 Å². The van der Waals surface area contributed by atoms with Gasteiger partial charge in [-0.15, -0.1) is 0 Å². The van der Waals surface area contributed by atoms with Crippen LogP contribution in [0.3, 0.4) is 0 Å². The summed E-state index contributed by atoms with van der Waals surface area (Å²) < 4.78 is 11.7. The molecule has 2 rings (SSSR count). The van der Waals surface area contributed by atoms with Gasteiger partial charge in [0.2, 0.25) is 0 Å². The zero-order valence-corrected chi connectivity index (χ0v) is 21.1. The summed E-state index contributed by atoms with van der Waals surface area (Å²) in [5.41, 5.74) is 0.616. The Morgan fingerprint density at radius 3 is 1.79 bits per heavy atom. The number of ether oxygens (including phenoxy) is 2. The van der Waals surface area contributed by atoms with Crippen LogP contribution >= 0.6 is 0 Å². The van der Waals surface area contributed by atoms with Crippen LogP contribution in [0.25, 0.3) is 0 Å². The van der Waals surface area contributed by atoms with Crippen molar-refractivity contribution in [3.63, 3.8) is 0 Å². The van der Waals surface area contributed by atoms with E-state index in [0.717, 1.165) is 12.8 Å². The number of aliphatic hydroxyl groups is 4. The Morgan fingerprint density at radius 2 is 1.24 bits per heavy atom. The van der Waals surface area contributed by atoms with Crippen LogP contribution in [-0.2, 0) is 4.74 Å². The first-order chi connectivity index (χ1) is 16.6. The van der Waals surface area contributed by atoms with E-state index in [-0.39, 0.29) is 0 Å². The molecule has 0 saturated carbocycles. The summed E-state index contributed by atoms with van der Waals surface area (Å²) in [6.45, 7) is 2.40. The number of rotatable bonds is 18. The molecule has 0 aliphatic carbocycles. The summed E-state index contributed by atoms with van der Waals surface area (Å²) in [6, 6.07) is 7.28. The number of para-hydroxylation sites is 1. The summed E-state index contributed by atoms with van der Waals surface area (Å²) in [7, 11) is 0. The molecule has 6 heteroatoms. The van der Waals surface area contributed by atoms with Gasteiger partial charge >= 0.3 is 0 Å². The van der Waals surface area contributed by atoms with Crippen molar-refractivity contribution in [2.75, 3.05) is 13.2 Å². The van der Waals surface area contributed by atoms with Gasteiger partial charge in [0.15, 0.2) is 0 Å². The molecule has 1 fully saturated rings. The molecule has 1 aromatic carbocycles. The van der Waals surface area contributed by atoms with Gasteiger partial charge in [0, 0.05) is 5.56 Å². The molecule has 0 bridgehead atoms. The molecule has 1 aliphatic heterocycles. The Kier molecular flexibility index (Phi) is 14.8. The van der Waals surface area contributed by atoms with Crippen LogP contribution in [0.5, 0.6) is 5.75 Å². The van der Waals surface area contributed by atoms with Gasteiger partial charge in [-0.1, -0.05) is 109 Å². The quantitative estimate of drug-likeness (QED) is 0.219. The molecular weight excluding hydrogens is 432 g/mol. The van der Waals surface area contributed by atoms with Crippen molar-refractivity contribution in [2.45, 2.75) is 127 Å². The third kappa shape index (κ3) is 9.82. The molecule has 0 aromatic heterocycles. The lowest BCUT2D eigenvalue weighted by molar-refractivity contribution is -0.232. The monoisotopic (exact) mass is 480 g/mol. The van der Waals surface area contributed by atoms with E-state index in [2.05, 4.69) is 6.92 Å². The van der Waals surface area contributed by atoms with Crippen LogP contribution in [-0.4, -0.2) is 58.1 Å². The van der Waals surface area contributed by atoms with Gasteiger partial charge in [-0.25, -0.2) is 0 Å². The van der Waals surface area contributed by atoms with Gasteiger partial charge in [-0.05, 0) is 12.5 Å². The zero-order valence-electron chi connectivity index (χ0n) is 21.1. The molecule has 6 nitrogen and oxygen atoms in total. The minimum Gasteiger partial charge on any atom is -0.493 e. The summed E-state index contributed by atoms with van der Waals surface area (Å²) in [5, 5.41) is 40.0. The van der Waals surface area contributed by atoms with Crippen molar-refractivity contribution in [2.24, 2.45) is 0 Å².